The Morgan fingerprint density at radius 2 is 2.00 bits per heavy atom. The molecule has 1 aromatic heterocycles. The van der Waals surface area contributed by atoms with Crippen LogP contribution in [0.1, 0.15) is 44.5 Å². The standard InChI is InChI=1S/C20H20FNO5S/c1-11-7-8-13-15(9-11)28-18(17(13)20(25)26-2)22-16(23)10-27-19(24)12-5-3-4-6-14(12)21/h3-6,11H,7-10H2,1-2H3,(H,22,23)/t11-/m0/s1. The van der Waals surface area contributed by atoms with Gasteiger partial charge in [0.2, 0.25) is 0 Å². The van der Waals surface area contributed by atoms with Crippen molar-refractivity contribution < 1.29 is 28.2 Å². The molecule has 1 aromatic carbocycles. The lowest BCUT2D eigenvalue weighted by molar-refractivity contribution is -0.119. The average molecular weight is 405 g/mol. The van der Waals surface area contributed by atoms with E-state index < -0.39 is 30.3 Å². The number of thiophene rings is 1. The molecular weight excluding hydrogens is 385 g/mol. The monoisotopic (exact) mass is 405 g/mol. The number of benzene rings is 1. The van der Waals surface area contributed by atoms with Gasteiger partial charge in [-0.25, -0.2) is 14.0 Å². The molecule has 0 fully saturated rings. The number of hydrogen-bond acceptors (Lipinski definition) is 6. The van der Waals surface area contributed by atoms with Gasteiger partial charge in [0.15, 0.2) is 6.61 Å². The summed E-state index contributed by atoms with van der Waals surface area (Å²) >= 11 is 1.34. The Kier molecular flexibility index (Phi) is 6.08. The molecule has 1 aliphatic rings. The van der Waals surface area contributed by atoms with Crippen LogP contribution < -0.4 is 5.32 Å². The summed E-state index contributed by atoms with van der Waals surface area (Å²) in [5.74, 6) is -2.27. The van der Waals surface area contributed by atoms with Crippen LogP contribution in [0.4, 0.5) is 9.39 Å². The van der Waals surface area contributed by atoms with E-state index in [-0.39, 0.29) is 5.56 Å². The maximum atomic E-state index is 13.6. The Hall–Kier alpha value is -2.74. The van der Waals surface area contributed by atoms with Crippen molar-refractivity contribution in [1.82, 2.24) is 0 Å². The third kappa shape index (κ3) is 4.22. The Bertz CT molecular complexity index is 923. The summed E-state index contributed by atoms with van der Waals surface area (Å²) in [6, 6.07) is 5.36. The number of carbonyl (C=O) groups is 3. The number of rotatable bonds is 5. The number of hydrogen-bond donors (Lipinski definition) is 1. The second kappa shape index (κ2) is 8.52. The van der Waals surface area contributed by atoms with Gasteiger partial charge in [-0.15, -0.1) is 11.3 Å². The molecule has 0 radical (unpaired) electrons. The number of nitrogens with one attached hydrogen (secondary N) is 1. The third-order valence-electron chi connectivity index (χ3n) is 4.58. The molecule has 2 aromatic rings. The first-order chi connectivity index (χ1) is 13.4. The number of ether oxygens (including phenoxy) is 2. The number of halogens is 1. The molecular formula is C20H20FNO5S. The summed E-state index contributed by atoms with van der Waals surface area (Å²) in [5, 5.41) is 3.01. The maximum absolute atomic E-state index is 13.6. The third-order valence-corrected chi connectivity index (χ3v) is 5.75. The number of esters is 2. The second-order valence-corrected chi connectivity index (χ2v) is 7.76. The first-order valence-corrected chi connectivity index (χ1v) is 9.66. The highest BCUT2D eigenvalue weighted by Gasteiger charge is 2.29. The summed E-state index contributed by atoms with van der Waals surface area (Å²) < 4.78 is 23.4. The summed E-state index contributed by atoms with van der Waals surface area (Å²) in [7, 11) is 1.29. The van der Waals surface area contributed by atoms with Crippen molar-refractivity contribution in [3.63, 3.8) is 0 Å². The first kappa shape index (κ1) is 20.0. The molecule has 0 unspecified atom stereocenters. The Morgan fingerprint density at radius 3 is 2.71 bits per heavy atom. The zero-order valence-electron chi connectivity index (χ0n) is 15.5. The van der Waals surface area contributed by atoms with Crippen molar-refractivity contribution >= 4 is 34.2 Å². The van der Waals surface area contributed by atoms with Crippen molar-refractivity contribution in [3.05, 3.63) is 51.7 Å². The van der Waals surface area contributed by atoms with Crippen molar-refractivity contribution in [1.29, 1.82) is 0 Å². The number of amides is 1. The molecule has 0 aliphatic heterocycles. The van der Waals surface area contributed by atoms with Crippen LogP contribution in [0.25, 0.3) is 0 Å². The number of fused-ring (bicyclic) bond motifs is 1. The van der Waals surface area contributed by atoms with Crippen LogP contribution in [0, 0.1) is 11.7 Å². The fourth-order valence-electron chi connectivity index (χ4n) is 3.16. The Morgan fingerprint density at radius 1 is 1.25 bits per heavy atom. The van der Waals surface area contributed by atoms with Crippen LogP contribution >= 0.6 is 11.3 Å². The SMILES string of the molecule is COC(=O)c1c(NC(=O)COC(=O)c2ccccc2F)sc2c1CC[C@H](C)C2. The Labute approximate surface area is 165 Å². The second-order valence-electron chi connectivity index (χ2n) is 6.65. The van der Waals surface area contributed by atoms with E-state index in [0.717, 1.165) is 35.8 Å². The van der Waals surface area contributed by atoms with E-state index in [1.807, 2.05) is 0 Å². The molecule has 0 saturated carbocycles. The van der Waals surface area contributed by atoms with Gasteiger partial charge in [-0.2, -0.15) is 0 Å². The van der Waals surface area contributed by atoms with Crippen LogP contribution in [0.5, 0.6) is 0 Å². The van der Waals surface area contributed by atoms with Crippen LogP contribution in [-0.2, 0) is 27.1 Å². The highest BCUT2D eigenvalue weighted by atomic mass is 32.1. The molecule has 148 valence electrons. The van der Waals surface area contributed by atoms with Gasteiger partial charge in [0.1, 0.15) is 10.8 Å². The van der Waals surface area contributed by atoms with Crippen LogP contribution in [0.3, 0.4) is 0 Å². The van der Waals surface area contributed by atoms with Crippen LogP contribution in [0.15, 0.2) is 24.3 Å². The quantitative estimate of drug-likeness (QED) is 0.769. The molecule has 1 aliphatic carbocycles. The van der Waals surface area contributed by atoms with Crippen LogP contribution in [-0.4, -0.2) is 31.6 Å². The zero-order chi connectivity index (χ0) is 20.3. The van der Waals surface area contributed by atoms with Gasteiger partial charge >= 0.3 is 11.9 Å². The van der Waals surface area contributed by atoms with Crippen molar-refractivity contribution in [2.75, 3.05) is 19.0 Å². The lowest BCUT2D eigenvalue weighted by Gasteiger charge is -2.18. The molecule has 0 saturated heterocycles. The molecule has 6 nitrogen and oxygen atoms in total. The molecule has 1 amide bonds. The van der Waals surface area contributed by atoms with E-state index in [2.05, 4.69) is 12.2 Å². The minimum absolute atomic E-state index is 0.244. The van der Waals surface area contributed by atoms with Gasteiger partial charge in [0.25, 0.3) is 5.91 Å². The fraction of sp³-hybridized carbons (Fsp3) is 0.350. The topological polar surface area (TPSA) is 81.7 Å². The van der Waals surface area contributed by atoms with E-state index in [1.165, 1.54) is 36.6 Å². The molecule has 1 heterocycles. The van der Waals surface area contributed by atoms with E-state index in [9.17, 15) is 18.8 Å². The highest BCUT2D eigenvalue weighted by Crippen LogP contribution is 2.40. The predicted octanol–water partition coefficient (Wildman–Crippen LogP) is 3.59. The van der Waals surface area contributed by atoms with E-state index >= 15 is 0 Å². The van der Waals surface area contributed by atoms with Crippen molar-refractivity contribution in [2.24, 2.45) is 5.92 Å². The largest absolute Gasteiger partial charge is 0.465 e. The average Bonchev–Trinajstić information content (AvgIpc) is 3.02. The molecule has 0 bridgehead atoms. The van der Waals surface area contributed by atoms with E-state index in [0.29, 0.717) is 16.5 Å². The lowest BCUT2D eigenvalue weighted by Crippen LogP contribution is -2.22. The highest BCUT2D eigenvalue weighted by molar-refractivity contribution is 7.17. The number of carbonyl (C=O) groups excluding carboxylic acids is 3. The zero-order valence-corrected chi connectivity index (χ0v) is 16.4. The number of methoxy groups -OCH3 is 1. The summed E-state index contributed by atoms with van der Waals surface area (Å²) in [6.07, 6.45) is 2.54. The van der Waals surface area contributed by atoms with Gasteiger partial charge in [0.05, 0.1) is 18.2 Å². The van der Waals surface area contributed by atoms with Crippen molar-refractivity contribution in [2.45, 2.75) is 26.2 Å². The van der Waals surface area contributed by atoms with Gasteiger partial charge in [-0.1, -0.05) is 19.1 Å². The van der Waals surface area contributed by atoms with E-state index in [1.54, 1.807) is 0 Å². The lowest BCUT2D eigenvalue weighted by atomic mass is 9.88. The minimum atomic E-state index is -0.930. The van der Waals surface area contributed by atoms with Gasteiger partial charge in [-0.05, 0) is 42.9 Å². The summed E-state index contributed by atoms with van der Waals surface area (Å²) in [6.45, 7) is 1.55. The molecule has 28 heavy (non-hydrogen) atoms. The maximum Gasteiger partial charge on any atom is 0.341 e. The van der Waals surface area contributed by atoms with Gasteiger partial charge < -0.3 is 14.8 Å². The van der Waals surface area contributed by atoms with Crippen LogP contribution in [0.2, 0.25) is 0 Å². The van der Waals surface area contributed by atoms with Gasteiger partial charge in [0, 0.05) is 4.88 Å². The first-order valence-electron chi connectivity index (χ1n) is 8.85. The summed E-state index contributed by atoms with van der Waals surface area (Å²) in [5.41, 5.74) is 1.03. The van der Waals surface area contributed by atoms with Gasteiger partial charge in [-0.3, -0.25) is 4.79 Å². The molecule has 8 heteroatoms. The molecule has 0 spiro atoms. The fourth-order valence-corrected chi connectivity index (χ4v) is 4.57. The minimum Gasteiger partial charge on any atom is -0.465 e. The molecule has 1 N–H and O–H groups in total. The molecule has 3 rings (SSSR count). The predicted molar refractivity (Wildman–Crippen MR) is 102 cm³/mol. The normalized spacial score (nSPS) is 15.5. The van der Waals surface area contributed by atoms with Crippen molar-refractivity contribution in [3.8, 4) is 0 Å². The smallest absolute Gasteiger partial charge is 0.341 e. The molecule has 1 atom stereocenters. The summed E-state index contributed by atoms with van der Waals surface area (Å²) in [4.78, 5) is 37.4. The number of anilines is 1. The Balaban J connectivity index is 1.71. The van der Waals surface area contributed by atoms with E-state index in [4.69, 9.17) is 9.47 Å².